The lowest BCUT2D eigenvalue weighted by molar-refractivity contribution is 1.07. The van der Waals surface area contributed by atoms with Crippen LogP contribution in [0.5, 0.6) is 0 Å². The Kier molecular flexibility index (Phi) is 7.35. The molecular weight excluding hydrogens is 687 g/mol. The molecule has 0 amide bonds. The summed E-state index contributed by atoms with van der Waals surface area (Å²) >= 11 is 1.88. The van der Waals surface area contributed by atoms with Gasteiger partial charge in [-0.1, -0.05) is 176 Å². The summed E-state index contributed by atoms with van der Waals surface area (Å²) in [5.74, 6) is 1.93. The fourth-order valence-electron chi connectivity index (χ4n) is 8.01. The van der Waals surface area contributed by atoms with E-state index in [9.17, 15) is 0 Å². The fraction of sp³-hybridized carbons (Fsp3) is 0. The van der Waals surface area contributed by atoms with Crippen molar-refractivity contribution in [2.45, 2.75) is 0 Å². The van der Waals surface area contributed by atoms with E-state index in [4.69, 9.17) is 15.0 Å². The highest BCUT2D eigenvalue weighted by Crippen LogP contribution is 2.45. The molecule has 0 spiro atoms. The molecule has 0 bridgehead atoms. The zero-order chi connectivity index (χ0) is 36.3. The van der Waals surface area contributed by atoms with Crippen LogP contribution in [-0.4, -0.2) is 15.0 Å². The van der Waals surface area contributed by atoms with Gasteiger partial charge in [0.2, 0.25) is 0 Å². The summed E-state index contributed by atoms with van der Waals surface area (Å²) in [5, 5.41) is 10.1. The second-order valence-electron chi connectivity index (χ2n) is 14.0. The molecule has 0 atom stereocenters. The first-order valence-corrected chi connectivity index (χ1v) is 19.3. The van der Waals surface area contributed by atoms with Crippen molar-refractivity contribution in [3.05, 3.63) is 188 Å². The van der Waals surface area contributed by atoms with E-state index >= 15 is 0 Å². The summed E-state index contributed by atoms with van der Waals surface area (Å²) in [6.45, 7) is 0. The van der Waals surface area contributed by atoms with Gasteiger partial charge >= 0.3 is 0 Å². The van der Waals surface area contributed by atoms with Crippen LogP contribution in [0, 0.1) is 0 Å². The summed E-state index contributed by atoms with van der Waals surface area (Å²) < 4.78 is 2.63. The molecule has 3 nitrogen and oxygen atoms in total. The van der Waals surface area contributed by atoms with Gasteiger partial charge in [-0.25, -0.2) is 15.0 Å². The third kappa shape index (κ3) is 5.38. The van der Waals surface area contributed by atoms with Crippen molar-refractivity contribution < 1.29 is 0 Å². The number of thiophene rings is 1. The van der Waals surface area contributed by atoms with Crippen LogP contribution in [0.1, 0.15) is 0 Å². The molecule has 0 radical (unpaired) electrons. The van der Waals surface area contributed by atoms with Crippen LogP contribution in [0.4, 0.5) is 0 Å². The predicted molar refractivity (Wildman–Crippen MR) is 232 cm³/mol. The molecule has 0 saturated heterocycles. The normalized spacial score (nSPS) is 11.6. The standard InChI is InChI=1S/C51H31N3S/c1-3-11-32(12-4-1)34-19-23-36(24-20-34)49-52-50(37-25-21-35(22-26-37)33-13-5-2-6-14-33)54-51(53-49)38-27-28-43-45(31-38)40-16-8-7-15-39(40)42-29-30-44-41-17-9-10-18-46(41)55-48(44)47(42)43/h1-31H. The van der Waals surface area contributed by atoms with E-state index in [1.54, 1.807) is 0 Å². The van der Waals surface area contributed by atoms with Crippen LogP contribution < -0.4 is 0 Å². The summed E-state index contributed by atoms with van der Waals surface area (Å²) in [6.07, 6.45) is 0. The minimum absolute atomic E-state index is 0.641. The number of fused-ring (bicyclic) bond motifs is 10. The molecule has 2 aromatic heterocycles. The molecule has 0 unspecified atom stereocenters. The van der Waals surface area contributed by atoms with Crippen molar-refractivity contribution in [3.63, 3.8) is 0 Å². The molecule has 0 aliphatic rings. The number of aromatic nitrogens is 3. The first kappa shape index (κ1) is 31.5. The van der Waals surface area contributed by atoms with Gasteiger partial charge in [-0.2, -0.15) is 0 Å². The Morgan fingerprint density at radius 2 is 0.673 bits per heavy atom. The Morgan fingerprint density at radius 1 is 0.273 bits per heavy atom. The first-order chi connectivity index (χ1) is 27.2. The van der Waals surface area contributed by atoms with Crippen molar-refractivity contribution in [2.24, 2.45) is 0 Å². The molecule has 0 fully saturated rings. The van der Waals surface area contributed by atoms with Gasteiger partial charge in [0.1, 0.15) is 0 Å². The summed E-state index contributed by atoms with van der Waals surface area (Å²) in [7, 11) is 0. The van der Waals surface area contributed by atoms with E-state index in [1.807, 2.05) is 23.5 Å². The maximum atomic E-state index is 5.17. The summed E-state index contributed by atoms with van der Waals surface area (Å²) in [4.78, 5) is 15.4. The molecule has 55 heavy (non-hydrogen) atoms. The molecule has 4 heteroatoms. The quantitative estimate of drug-likeness (QED) is 0.166. The number of hydrogen-bond acceptors (Lipinski definition) is 4. The van der Waals surface area contributed by atoms with Gasteiger partial charge in [0.25, 0.3) is 0 Å². The van der Waals surface area contributed by atoms with Crippen molar-refractivity contribution in [2.75, 3.05) is 0 Å². The third-order valence-corrected chi connectivity index (χ3v) is 11.9. The molecule has 11 aromatic rings. The Morgan fingerprint density at radius 3 is 1.27 bits per heavy atom. The zero-order valence-corrected chi connectivity index (χ0v) is 30.5. The molecule has 9 aromatic carbocycles. The Bertz CT molecular complexity index is 3120. The molecule has 0 saturated carbocycles. The molecule has 11 rings (SSSR count). The smallest absolute Gasteiger partial charge is 0.164 e. The fourth-order valence-corrected chi connectivity index (χ4v) is 9.27. The second-order valence-corrected chi connectivity index (χ2v) is 15.0. The predicted octanol–water partition coefficient (Wildman–Crippen LogP) is 14.0. The lowest BCUT2D eigenvalue weighted by Crippen LogP contribution is -2.00. The largest absolute Gasteiger partial charge is 0.208 e. The molecule has 2 heterocycles. The van der Waals surface area contributed by atoms with E-state index in [0.717, 1.165) is 27.8 Å². The van der Waals surface area contributed by atoms with Crippen molar-refractivity contribution in [1.29, 1.82) is 0 Å². The molecule has 256 valence electrons. The third-order valence-electron chi connectivity index (χ3n) is 10.7. The zero-order valence-electron chi connectivity index (χ0n) is 29.6. The van der Waals surface area contributed by atoms with E-state index in [0.29, 0.717) is 17.5 Å². The van der Waals surface area contributed by atoms with E-state index < -0.39 is 0 Å². The number of nitrogens with zero attached hydrogens (tertiary/aromatic N) is 3. The van der Waals surface area contributed by atoms with Gasteiger partial charge in [0.05, 0.1) is 0 Å². The van der Waals surface area contributed by atoms with Crippen LogP contribution in [0.15, 0.2) is 188 Å². The minimum atomic E-state index is 0.641. The average molecular weight is 718 g/mol. The van der Waals surface area contributed by atoms with E-state index in [-0.39, 0.29) is 0 Å². The minimum Gasteiger partial charge on any atom is -0.208 e. The van der Waals surface area contributed by atoms with Gasteiger partial charge in [-0.15, -0.1) is 11.3 Å². The Balaban J connectivity index is 1.11. The molecule has 0 aliphatic heterocycles. The monoisotopic (exact) mass is 717 g/mol. The molecular formula is C51H31N3S. The van der Waals surface area contributed by atoms with Crippen LogP contribution in [0.25, 0.3) is 109 Å². The van der Waals surface area contributed by atoms with E-state index in [2.05, 4.69) is 176 Å². The van der Waals surface area contributed by atoms with Crippen molar-refractivity contribution in [1.82, 2.24) is 15.0 Å². The molecule has 0 aliphatic carbocycles. The van der Waals surface area contributed by atoms with Gasteiger partial charge in [0, 0.05) is 42.2 Å². The summed E-state index contributed by atoms with van der Waals surface area (Å²) in [6, 6.07) is 66.7. The number of benzene rings is 9. The lowest BCUT2D eigenvalue weighted by atomic mass is 9.92. The topological polar surface area (TPSA) is 38.7 Å². The highest BCUT2D eigenvalue weighted by molar-refractivity contribution is 7.26. The average Bonchev–Trinajstić information content (AvgIpc) is 3.66. The SMILES string of the molecule is c1ccc(-c2ccc(-c3nc(-c4ccc(-c5ccccc5)cc4)nc(-c4ccc5c(c4)c4ccccc4c4ccc6c7ccccc7sc6c45)n3)cc2)cc1. The van der Waals surface area contributed by atoms with E-state index in [1.165, 1.54) is 63.6 Å². The van der Waals surface area contributed by atoms with Crippen molar-refractivity contribution >= 4 is 63.8 Å². The highest BCUT2D eigenvalue weighted by atomic mass is 32.1. The van der Waals surface area contributed by atoms with Gasteiger partial charge in [0.15, 0.2) is 17.5 Å². The maximum absolute atomic E-state index is 5.17. The van der Waals surface area contributed by atoms with Crippen molar-refractivity contribution in [3.8, 4) is 56.4 Å². The summed E-state index contributed by atoms with van der Waals surface area (Å²) in [5.41, 5.74) is 7.48. The van der Waals surface area contributed by atoms with Crippen LogP contribution in [0.3, 0.4) is 0 Å². The first-order valence-electron chi connectivity index (χ1n) is 18.5. The Hall–Kier alpha value is -7.01. The van der Waals surface area contributed by atoms with Gasteiger partial charge in [-0.05, 0) is 61.3 Å². The Labute approximate surface area is 321 Å². The molecule has 0 N–H and O–H groups in total. The van der Waals surface area contributed by atoms with Gasteiger partial charge in [-0.3, -0.25) is 0 Å². The van der Waals surface area contributed by atoms with Crippen LogP contribution in [0.2, 0.25) is 0 Å². The highest BCUT2D eigenvalue weighted by Gasteiger charge is 2.18. The van der Waals surface area contributed by atoms with Crippen LogP contribution >= 0.6 is 11.3 Å². The number of rotatable bonds is 5. The van der Waals surface area contributed by atoms with Crippen LogP contribution in [-0.2, 0) is 0 Å². The second kappa shape index (κ2) is 12.8. The van der Waals surface area contributed by atoms with Gasteiger partial charge < -0.3 is 0 Å². The lowest BCUT2D eigenvalue weighted by Gasteiger charge is -2.13. The number of hydrogen-bond donors (Lipinski definition) is 0. The maximum Gasteiger partial charge on any atom is 0.164 e.